The van der Waals surface area contributed by atoms with Crippen LogP contribution in [-0.2, 0) is 13.2 Å². The third kappa shape index (κ3) is 5.63. The molecule has 0 aromatic heterocycles. The van der Waals surface area contributed by atoms with Crippen molar-refractivity contribution in [2.75, 3.05) is 11.9 Å². The average molecular weight is 453 g/mol. The average Bonchev–Trinajstić information content (AvgIpc) is 2.70. The van der Waals surface area contributed by atoms with E-state index in [1.54, 1.807) is 12.1 Å². The molecule has 7 heteroatoms. The van der Waals surface area contributed by atoms with Gasteiger partial charge < -0.3 is 19.9 Å². The SMILES string of the molecule is CCOc1cc(CNc2cc(Cl)c(O)c(Cl)c2)cc(Cl)c1OCc1ccccc1. The van der Waals surface area contributed by atoms with Gasteiger partial charge in [0.15, 0.2) is 17.2 Å². The first-order valence-corrected chi connectivity index (χ1v) is 10.1. The molecule has 0 heterocycles. The van der Waals surface area contributed by atoms with Gasteiger partial charge in [-0.2, -0.15) is 0 Å². The Labute approximate surface area is 184 Å². The van der Waals surface area contributed by atoms with E-state index in [1.165, 1.54) is 0 Å². The quantitative estimate of drug-likeness (QED) is 0.363. The molecule has 0 saturated carbocycles. The zero-order valence-electron chi connectivity index (χ0n) is 15.7. The molecule has 0 spiro atoms. The molecule has 4 nitrogen and oxygen atoms in total. The van der Waals surface area contributed by atoms with E-state index in [0.717, 1.165) is 11.1 Å². The van der Waals surface area contributed by atoms with Crippen LogP contribution < -0.4 is 14.8 Å². The predicted molar refractivity (Wildman–Crippen MR) is 119 cm³/mol. The first kappa shape index (κ1) is 21.4. The second kappa shape index (κ2) is 9.97. The van der Waals surface area contributed by atoms with Gasteiger partial charge in [0.1, 0.15) is 6.61 Å². The van der Waals surface area contributed by atoms with Crippen LogP contribution in [0.15, 0.2) is 54.6 Å². The van der Waals surface area contributed by atoms with Gasteiger partial charge in [0, 0.05) is 12.2 Å². The van der Waals surface area contributed by atoms with Crippen LogP contribution in [0, 0.1) is 0 Å². The molecule has 3 aromatic rings. The van der Waals surface area contributed by atoms with Gasteiger partial charge in [-0.25, -0.2) is 0 Å². The lowest BCUT2D eigenvalue weighted by Gasteiger charge is -2.16. The van der Waals surface area contributed by atoms with Crippen molar-refractivity contribution in [2.24, 2.45) is 0 Å². The predicted octanol–water partition coefficient (Wildman–Crippen LogP) is 6.94. The van der Waals surface area contributed by atoms with E-state index in [1.807, 2.05) is 49.4 Å². The van der Waals surface area contributed by atoms with Crippen molar-refractivity contribution in [3.8, 4) is 17.2 Å². The van der Waals surface area contributed by atoms with Gasteiger partial charge in [0.2, 0.25) is 0 Å². The van der Waals surface area contributed by atoms with Crippen LogP contribution in [0.5, 0.6) is 17.2 Å². The minimum Gasteiger partial charge on any atom is -0.505 e. The van der Waals surface area contributed by atoms with Gasteiger partial charge in [-0.05, 0) is 42.3 Å². The molecule has 0 amide bonds. The van der Waals surface area contributed by atoms with Crippen molar-refractivity contribution in [3.05, 3.63) is 80.8 Å². The van der Waals surface area contributed by atoms with Gasteiger partial charge in [-0.1, -0.05) is 65.1 Å². The molecular formula is C22H20Cl3NO3. The summed E-state index contributed by atoms with van der Waals surface area (Å²) in [6.45, 7) is 3.23. The highest BCUT2D eigenvalue weighted by Crippen LogP contribution is 2.38. The molecule has 0 aliphatic rings. The van der Waals surface area contributed by atoms with E-state index >= 15 is 0 Å². The van der Waals surface area contributed by atoms with Crippen LogP contribution in [-0.4, -0.2) is 11.7 Å². The molecule has 0 fully saturated rings. The van der Waals surface area contributed by atoms with E-state index < -0.39 is 0 Å². The van der Waals surface area contributed by atoms with Crippen LogP contribution in [0.2, 0.25) is 15.1 Å². The molecule has 152 valence electrons. The third-order valence-electron chi connectivity index (χ3n) is 4.11. The number of benzene rings is 3. The molecule has 29 heavy (non-hydrogen) atoms. The molecule has 0 radical (unpaired) electrons. The van der Waals surface area contributed by atoms with Crippen LogP contribution >= 0.6 is 34.8 Å². The smallest absolute Gasteiger partial charge is 0.180 e. The number of hydrogen-bond donors (Lipinski definition) is 2. The summed E-state index contributed by atoms with van der Waals surface area (Å²) in [7, 11) is 0. The molecule has 0 aliphatic carbocycles. The number of phenolic OH excluding ortho intramolecular Hbond substituents is 1. The van der Waals surface area contributed by atoms with Crippen molar-refractivity contribution in [3.63, 3.8) is 0 Å². The van der Waals surface area contributed by atoms with Crippen LogP contribution in [0.4, 0.5) is 5.69 Å². The number of aromatic hydroxyl groups is 1. The molecule has 0 aliphatic heterocycles. The van der Waals surface area contributed by atoms with E-state index in [-0.39, 0.29) is 15.8 Å². The molecule has 3 rings (SSSR count). The van der Waals surface area contributed by atoms with Gasteiger partial charge in [-0.15, -0.1) is 0 Å². The second-order valence-corrected chi connectivity index (χ2v) is 7.48. The normalized spacial score (nSPS) is 10.6. The Bertz CT molecular complexity index is 958. The minimum atomic E-state index is -0.138. The fraction of sp³-hybridized carbons (Fsp3) is 0.182. The van der Waals surface area contributed by atoms with Crippen LogP contribution in [0.25, 0.3) is 0 Å². The topological polar surface area (TPSA) is 50.7 Å². The number of phenols is 1. The zero-order valence-corrected chi connectivity index (χ0v) is 18.0. The molecule has 0 saturated heterocycles. The number of hydrogen-bond acceptors (Lipinski definition) is 4. The highest BCUT2D eigenvalue weighted by molar-refractivity contribution is 6.37. The van der Waals surface area contributed by atoms with E-state index in [4.69, 9.17) is 44.3 Å². The molecule has 2 N–H and O–H groups in total. The van der Waals surface area contributed by atoms with Crippen molar-refractivity contribution >= 4 is 40.5 Å². The monoisotopic (exact) mass is 451 g/mol. The highest BCUT2D eigenvalue weighted by Gasteiger charge is 2.14. The number of nitrogens with one attached hydrogen (secondary N) is 1. The molecule has 3 aromatic carbocycles. The van der Waals surface area contributed by atoms with E-state index in [2.05, 4.69) is 5.32 Å². The summed E-state index contributed by atoms with van der Waals surface area (Å²) in [4.78, 5) is 0. The summed E-state index contributed by atoms with van der Waals surface area (Å²) in [6, 6.07) is 16.8. The third-order valence-corrected chi connectivity index (χ3v) is 4.97. The lowest BCUT2D eigenvalue weighted by molar-refractivity contribution is 0.269. The van der Waals surface area contributed by atoms with Gasteiger partial charge in [0.25, 0.3) is 0 Å². The molecule has 0 bridgehead atoms. The fourth-order valence-electron chi connectivity index (χ4n) is 2.73. The summed E-state index contributed by atoms with van der Waals surface area (Å²) < 4.78 is 11.7. The summed E-state index contributed by atoms with van der Waals surface area (Å²) in [5, 5.41) is 13.7. The molecule has 0 atom stereocenters. The van der Waals surface area contributed by atoms with Crippen molar-refractivity contribution in [1.29, 1.82) is 0 Å². The van der Waals surface area contributed by atoms with Gasteiger partial charge in [0.05, 0.1) is 21.7 Å². The Morgan fingerprint density at radius 3 is 2.21 bits per heavy atom. The Morgan fingerprint density at radius 2 is 1.55 bits per heavy atom. The van der Waals surface area contributed by atoms with E-state index in [0.29, 0.717) is 42.0 Å². The number of anilines is 1. The summed E-state index contributed by atoms with van der Waals surface area (Å²) in [5.41, 5.74) is 2.61. The number of halogens is 3. The standard InChI is InChI=1S/C22H20Cl3NO3/c1-2-28-20-9-15(12-26-16-10-17(23)21(27)18(24)11-16)8-19(25)22(20)29-13-14-6-4-3-5-7-14/h3-11,26-27H,2,12-13H2,1H3. The van der Waals surface area contributed by atoms with Crippen molar-refractivity contribution in [2.45, 2.75) is 20.1 Å². The minimum absolute atomic E-state index is 0.138. The molecule has 0 unspecified atom stereocenters. The first-order chi connectivity index (χ1) is 14.0. The second-order valence-electron chi connectivity index (χ2n) is 6.25. The maximum absolute atomic E-state index is 9.67. The number of rotatable bonds is 8. The fourth-order valence-corrected chi connectivity index (χ4v) is 3.50. The maximum atomic E-state index is 9.67. The van der Waals surface area contributed by atoms with Gasteiger partial charge >= 0.3 is 0 Å². The zero-order chi connectivity index (χ0) is 20.8. The first-order valence-electron chi connectivity index (χ1n) is 9.01. The van der Waals surface area contributed by atoms with Crippen LogP contribution in [0.3, 0.4) is 0 Å². The Morgan fingerprint density at radius 1 is 0.862 bits per heavy atom. The van der Waals surface area contributed by atoms with Crippen molar-refractivity contribution < 1.29 is 14.6 Å². The molecular weight excluding hydrogens is 433 g/mol. The largest absolute Gasteiger partial charge is 0.505 e. The lowest BCUT2D eigenvalue weighted by Crippen LogP contribution is -2.04. The highest BCUT2D eigenvalue weighted by atomic mass is 35.5. The Balaban J connectivity index is 1.76. The summed E-state index contributed by atoms with van der Waals surface area (Å²) in [6.07, 6.45) is 0. The lowest BCUT2D eigenvalue weighted by atomic mass is 10.2. The van der Waals surface area contributed by atoms with E-state index in [9.17, 15) is 5.11 Å². The Hall–Kier alpha value is -2.27. The van der Waals surface area contributed by atoms with Crippen molar-refractivity contribution in [1.82, 2.24) is 0 Å². The van der Waals surface area contributed by atoms with Gasteiger partial charge in [-0.3, -0.25) is 0 Å². The van der Waals surface area contributed by atoms with Crippen LogP contribution in [0.1, 0.15) is 18.1 Å². The Kier molecular flexibility index (Phi) is 7.37. The number of ether oxygens (including phenoxy) is 2. The summed E-state index contributed by atoms with van der Waals surface area (Å²) in [5.74, 6) is 0.951. The maximum Gasteiger partial charge on any atom is 0.180 e. The summed E-state index contributed by atoms with van der Waals surface area (Å²) >= 11 is 18.4.